The molecule has 0 spiro atoms. The summed E-state index contributed by atoms with van der Waals surface area (Å²) in [6, 6.07) is 0.327. The molecule has 0 aromatic carbocycles. The molecule has 4 atom stereocenters. The molecule has 0 aromatic heterocycles. The van der Waals surface area contributed by atoms with E-state index in [4.69, 9.17) is 4.74 Å². The van der Waals surface area contributed by atoms with Gasteiger partial charge in [-0.2, -0.15) is 0 Å². The maximum Gasteiger partial charge on any atom is 0.0666 e. The van der Waals surface area contributed by atoms with Gasteiger partial charge in [0.15, 0.2) is 0 Å². The Morgan fingerprint density at radius 3 is 2.78 bits per heavy atom. The van der Waals surface area contributed by atoms with Gasteiger partial charge in [-0.1, -0.05) is 32.6 Å². The summed E-state index contributed by atoms with van der Waals surface area (Å²) in [6.45, 7) is 6.78. The van der Waals surface area contributed by atoms with Gasteiger partial charge in [0.2, 0.25) is 0 Å². The molecular formula is C15H29NO2. The minimum atomic E-state index is -0.542. The van der Waals surface area contributed by atoms with Crippen LogP contribution in [0.3, 0.4) is 0 Å². The first kappa shape index (κ1) is 14.3. The zero-order chi connectivity index (χ0) is 13.0. The van der Waals surface area contributed by atoms with Crippen molar-refractivity contribution in [3.8, 4) is 0 Å². The second-order valence-electron chi connectivity index (χ2n) is 6.35. The van der Waals surface area contributed by atoms with Crippen LogP contribution in [-0.4, -0.2) is 36.5 Å². The molecule has 106 valence electrons. The molecule has 2 aliphatic rings. The molecule has 0 bridgehead atoms. The summed E-state index contributed by atoms with van der Waals surface area (Å²) in [5.41, 5.74) is -0.542. The van der Waals surface area contributed by atoms with Crippen LogP contribution in [0.5, 0.6) is 0 Å². The number of aliphatic hydroxyl groups is 1. The van der Waals surface area contributed by atoms with Crippen LogP contribution in [0, 0.1) is 11.8 Å². The molecular weight excluding hydrogens is 226 g/mol. The topological polar surface area (TPSA) is 41.5 Å². The van der Waals surface area contributed by atoms with Gasteiger partial charge in [0, 0.05) is 12.6 Å². The monoisotopic (exact) mass is 255 g/mol. The molecule has 0 aromatic rings. The fraction of sp³-hybridized carbons (Fsp3) is 1.00. The number of rotatable bonds is 4. The largest absolute Gasteiger partial charge is 0.390 e. The van der Waals surface area contributed by atoms with E-state index in [1.165, 1.54) is 32.1 Å². The van der Waals surface area contributed by atoms with E-state index >= 15 is 0 Å². The van der Waals surface area contributed by atoms with Gasteiger partial charge >= 0.3 is 0 Å². The molecule has 1 aliphatic heterocycles. The molecule has 2 N–H and O–H groups in total. The Hall–Kier alpha value is -0.120. The van der Waals surface area contributed by atoms with Crippen LogP contribution in [0.2, 0.25) is 0 Å². The molecule has 2 rings (SSSR count). The van der Waals surface area contributed by atoms with Gasteiger partial charge in [-0.05, 0) is 31.6 Å². The van der Waals surface area contributed by atoms with Gasteiger partial charge < -0.3 is 15.2 Å². The van der Waals surface area contributed by atoms with Crippen molar-refractivity contribution in [2.45, 2.75) is 64.0 Å². The fourth-order valence-corrected chi connectivity index (χ4v) is 3.92. The Kier molecular flexibility index (Phi) is 5.05. The van der Waals surface area contributed by atoms with Crippen molar-refractivity contribution in [2.24, 2.45) is 11.8 Å². The fourth-order valence-electron chi connectivity index (χ4n) is 3.92. The lowest BCUT2D eigenvalue weighted by atomic mass is 9.68. The van der Waals surface area contributed by atoms with Gasteiger partial charge in [-0.3, -0.25) is 0 Å². The smallest absolute Gasteiger partial charge is 0.0666 e. The Bertz CT molecular complexity index is 249. The third-order valence-corrected chi connectivity index (χ3v) is 4.89. The second-order valence-corrected chi connectivity index (χ2v) is 6.35. The summed E-state index contributed by atoms with van der Waals surface area (Å²) < 4.78 is 5.49. The van der Waals surface area contributed by atoms with Crippen LogP contribution < -0.4 is 5.32 Å². The lowest BCUT2D eigenvalue weighted by molar-refractivity contribution is -0.0663. The lowest BCUT2D eigenvalue weighted by Crippen LogP contribution is -2.50. The Morgan fingerprint density at radius 1 is 1.33 bits per heavy atom. The average molecular weight is 255 g/mol. The molecule has 1 saturated carbocycles. The minimum absolute atomic E-state index is 0.327. The van der Waals surface area contributed by atoms with Crippen molar-refractivity contribution in [3.05, 3.63) is 0 Å². The van der Waals surface area contributed by atoms with Crippen LogP contribution in [-0.2, 0) is 4.74 Å². The molecule has 18 heavy (non-hydrogen) atoms. The van der Waals surface area contributed by atoms with E-state index in [0.29, 0.717) is 17.9 Å². The summed E-state index contributed by atoms with van der Waals surface area (Å²) in [5, 5.41) is 14.4. The predicted octanol–water partition coefficient (Wildman–Crippen LogP) is 2.33. The van der Waals surface area contributed by atoms with Crippen molar-refractivity contribution in [2.75, 3.05) is 19.8 Å². The minimum Gasteiger partial charge on any atom is -0.390 e. The highest BCUT2D eigenvalue weighted by Crippen LogP contribution is 2.41. The summed E-state index contributed by atoms with van der Waals surface area (Å²) >= 11 is 0. The number of ether oxygens (including phenoxy) is 1. The van der Waals surface area contributed by atoms with E-state index < -0.39 is 5.60 Å². The number of nitrogens with one attached hydrogen (secondary N) is 1. The number of morpholine rings is 1. The molecule has 3 nitrogen and oxygen atoms in total. The molecule has 3 heteroatoms. The summed E-state index contributed by atoms with van der Waals surface area (Å²) in [5.74, 6) is 1.18. The maximum atomic E-state index is 10.9. The molecule has 2 fully saturated rings. The van der Waals surface area contributed by atoms with Crippen molar-refractivity contribution < 1.29 is 9.84 Å². The summed E-state index contributed by atoms with van der Waals surface area (Å²) in [6.07, 6.45) is 7.15. The van der Waals surface area contributed by atoms with E-state index in [1.807, 2.05) is 6.92 Å². The van der Waals surface area contributed by atoms with Crippen LogP contribution in [0.4, 0.5) is 0 Å². The molecule has 0 radical (unpaired) electrons. The van der Waals surface area contributed by atoms with E-state index in [1.54, 1.807) is 0 Å². The highest BCUT2D eigenvalue weighted by atomic mass is 16.5. The van der Waals surface area contributed by atoms with Crippen LogP contribution in [0.25, 0.3) is 0 Å². The highest BCUT2D eigenvalue weighted by Gasteiger charge is 2.39. The Labute approximate surface area is 111 Å². The van der Waals surface area contributed by atoms with Crippen molar-refractivity contribution in [1.82, 2.24) is 5.32 Å². The SMILES string of the molecule is CCC1CCCCC1C(C)(O)CC1COCCN1. The van der Waals surface area contributed by atoms with E-state index in [2.05, 4.69) is 12.2 Å². The first-order valence-corrected chi connectivity index (χ1v) is 7.67. The van der Waals surface area contributed by atoms with Gasteiger partial charge in [-0.15, -0.1) is 0 Å². The normalized spacial score (nSPS) is 37.2. The quantitative estimate of drug-likeness (QED) is 0.810. The highest BCUT2D eigenvalue weighted by molar-refractivity contribution is 4.92. The molecule has 0 amide bonds. The van der Waals surface area contributed by atoms with Crippen LogP contribution in [0.1, 0.15) is 52.4 Å². The first-order chi connectivity index (χ1) is 8.63. The van der Waals surface area contributed by atoms with E-state index in [0.717, 1.165) is 26.2 Å². The number of hydrogen-bond acceptors (Lipinski definition) is 3. The van der Waals surface area contributed by atoms with Gasteiger partial charge in [-0.25, -0.2) is 0 Å². The third-order valence-electron chi connectivity index (χ3n) is 4.89. The first-order valence-electron chi connectivity index (χ1n) is 7.67. The summed E-state index contributed by atoms with van der Waals surface area (Å²) in [7, 11) is 0. The molecule has 1 saturated heterocycles. The standard InChI is InChI=1S/C15H29NO2/c1-3-12-6-4-5-7-14(12)15(2,17)10-13-11-18-9-8-16-13/h12-14,16-17H,3-11H2,1-2H3. The van der Waals surface area contributed by atoms with E-state index in [-0.39, 0.29) is 0 Å². The predicted molar refractivity (Wildman–Crippen MR) is 73.6 cm³/mol. The van der Waals surface area contributed by atoms with Crippen LogP contribution in [0.15, 0.2) is 0 Å². The molecule has 1 aliphatic carbocycles. The number of hydrogen-bond donors (Lipinski definition) is 2. The van der Waals surface area contributed by atoms with E-state index in [9.17, 15) is 5.11 Å². The zero-order valence-corrected chi connectivity index (χ0v) is 12.0. The summed E-state index contributed by atoms with van der Waals surface area (Å²) in [4.78, 5) is 0. The van der Waals surface area contributed by atoms with Crippen molar-refractivity contribution >= 4 is 0 Å². The Balaban J connectivity index is 1.94. The maximum absolute atomic E-state index is 10.9. The molecule has 1 heterocycles. The average Bonchev–Trinajstić information content (AvgIpc) is 2.39. The second kappa shape index (κ2) is 6.36. The lowest BCUT2D eigenvalue weighted by Gasteiger charge is -2.43. The van der Waals surface area contributed by atoms with Crippen molar-refractivity contribution in [1.29, 1.82) is 0 Å². The third kappa shape index (κ3) is 3.46. The van der Waals surface area contributed by atoms with Gasteiger partial charge in [0.25, 0.3) is 0 Å². The Morgan fingerprint density at radius 2 is 2.11 bits per heavy atom. The van der Waals surface area contributed by atoms with Gasteiger partial charge in [0.05, 0.1) is 18.8 Å². The zero-order valence-electron chi connectivity index (χ0n) is 12.0. The van der Waals surface area contributed by atoms with Gasteiger partial charge in [0.1, 0.15) is 0 Å². The van der Waals surface area contributed by atoms with Crippen molar-refractivity contribution in [3.63, 3.8) is 0 Å². The molecule has 4 unspecified atom stereocenters. The van der Waals surface area contributed by atoms with Crippen LogP contribution >= 0.6 is 0 Å².